The van der Waals surface area contributed by atoms with Gasteiger partial charge in [-0.3, -0.25) is 4.79 Å². The van der Waals surface area contributed by atoms with E-state index in [2.05, 4.69) is 19.9 Å². The smallest absolute Gasteiger partial charge is 0.309 e. The van der Waals surface area contributed by atoms with Crippen LogP contribution in [0.1, 0.15) is 72.6 Å². The van der Waals surface area contributed by atoms with Gasteiger partial charge in [0.05, 0.1) is 24.7 Å². The van der Waals surface area contributed by atoms with Crippen LogP contribution in [0.25, 0.3) is 0 Å². The second-order valence-corrected chi connectivity index (χ2v) is 18.3. The molecule has 8 aliphatic rings. The molecule has 0 aromatic carbocycles. The van der Waals surface area contributed by atoms with Gasteiger partial charge in [0, 0.05) is 5.92 Å². The zero-order valence-electron chi connectivity index (χ0n) is 32.2. The van der Waals surface area contributed by atoms with E-state index in [0.717, 1.165) is 32.1 Å². The summed E-state index contributed by atoms with van der Waals surface area (Å²) in [4.78, 5) is 12.5. The van der Waals surface area contributed by atoms with E-state index in [9.17, 15) is 50.8 Å². The number of esters is 1. The number of carbonyl (C=O) groups is 1. The van der Waals surface area contributed by atoms with Crippen molar-refractivity contribution in [3.05, 3.63) is 11.6 Å². The Bertz CT molecular complexity index is 1480. The van der Waals surface area contributed by atoms with Crippen molar-refractivity contribution >= 4 is 5.97 Å². The van der Waals surface area contributed by atoms with Crippen LogP contribution in [0.3, 0.4) is 0 Å². The van der Waals surface area contributed by atoms with Crippen LogP contribution in [-0.2, 0) is 38.0 Å². The molecule has 4 aliphatic heterocycles. The van der Waals surface area contributed by atoms with Crippen molar-refractivity contribution < 1.29 is 83.9 Å². The third-order valence-electron chi connectivity index (χ3n) is 15.4. The molecule has 0 amide bonds. The van der Waals surface area contributed by atoms with Crippen molar-refractivity contribution in [3.8, 4) is 0 Å². The second-order valence-electron chi connectivity index (χ2n) is 18.3. The predicted molar refractivity (Wildman–Crippen MR) is 187 cm³/mol. The van der Waals surface area contributed by atoms with Crippen LogP contribution in [0, 0.1) is 40.4 Å². The number of hydrogen-bond acceptors (Lipinski definition) is 17. The summed E-state index contributed by atoms with van der Waals surface area (Å²) >= 11 is 0. The van der Waals surface area contributed by atoms with Crippen molar-refractivity contribution in [2.45, 2.75) is 177 Å². The SMILES string of the molecule is C[C@@H]1O[C@@H](O[C@H]2[C@H](O)[C@@H](O[C@@H]3O[C@@H](O)[C@H](O)[C@@H](O)[C@H]3O)[C@H](O[C@H]3CC[C@@]4(C)C(=CC[C@H]5[C@@H]6C[C@@H]7OC(=O)[C@@H](C)[C@@H]7[C@@]6(C)CC[C@@H]54)C3)O[C@@H]2CO)[C@H](O)[C@H](O)[C@H]1O. The Morgan fingerprint density at radius 2 is 1.43 bits per heavy atom. The van der Waals surface area contributed by atoms with Crippen molar-refractivity contribution in [3.63, 3.8) is 0 Å². The monoisotopic (exact) mass is 800 g/mol. The number of allylic oxidation sites excluding steroid dienone is 1. The van der Waals surface area contributed by atoms with Gasteiger partial charge in [-0.15, -0.1) is 0 Å². The van der Waals surface area contributed by atoms with Gasteiger partial charge in [0.25, 0.3) is 0 Å². The van der Waals surface area contributed by atoms with Gasteiger partial charge < -0.3 is 79.1 Å². The number of ether oxygens (including phenoxy) is 7. The lowest BCUT2D eigenvalue weighted by Gasteiger charge is -2.58. The lowest BCUT2D eigenvalue weighted by Crippen LogP contribution is -2.66. The Hall–Kier alpha value is -1.39. The van der Waals surface area contributed by atoms with Gasteiger partial charge in [-0.05, 0) is 80.5 Å². The molecule has 0 aromatic heterocycles. The molecule has 9 N–H and O–H groups in total. The average Bonchev–Trinajstić information content (AvgIpc) is 3.63. The second kappa shape index (κ2) is 15.3. The molecule has 17 heteroatoms. The van der Waals surface area contributed by atoms with Crippen molar-refractivity contribution in [1.29, 1.82) is 0 Å². The summed E-state index contributed by atoms with van der Waals surface area (Å²) in [7, 11) is 0. The van der Waals surface area contributed by atoms with E-state index >= 15 is 0 Å². The van der Waals surface area contributed by atoms with Gasteiger partial charge in [0.1, 0.15) is 67.1 Å². The van der Waals surface area contributed by atoms with Gasteiger partial charge >= 0.3 is 5.97 Å². The Morgan fingerprint density at radius 3 is 2.14 bits per heavy atom. The number of rotatable bonds is 7. The lowest BCUT2D eigenvalue weighted by molar-refractivity contribution is -0.400. The molecule has 4 heterocycles. The minimum absolute atomic E-state index is 0.0117. The van der Waals surface area contributed by atoms with E-state index in [1.165, 1.54) is 12.5 Å². The molecule has 0 radical (unpaired) electrons. The Morgan fingerprint density at radius 1 is 0.750 bits per heavy atom. The fourth-order valence-corrected chi connectivity index (χ4v) is 12.2. The maximum absolute atomic E-state index is 12.5. The molecule has 17 nitrogen and oxygen atoms in total. The van der Waals surface area contributed by atoms with E-state index in [4.69, 9.17) is 33.2 Å². The van der Waals surface area contributed by atoms with Crippen LogP contribution in [0.5, 0.6) is 0 Å². The molecular formula is C39H60O17. The lowest BCUT2D eigenvalue weighted by atomic mass is 9.47. The highest BCUT2D eigenvalue weighted by atomic mass is 16.8. The molecule has 56 heavy (non-hydrogen) atoms. The first-order chi connectivity index (χ1) is 26.5. The highest BCUT2D eigenvalue weighted by Gasteiger charge is 2.66. The van der Waals surface area contributed by atoms with E-state index in [1.807, 2.05) is 6.92 Å². The summed E-state index contributed by atoms with van der Waals surface area (Å²) < 4.78 is 41.4. The molecule has 0 aromatic rings. The summed E-state index contributed by atoms with van der Waals surface area (Å²) in [5.74, 6) is 1.47. The van der Waals surface area contributed by atoms with Gasteiger partial charge in [0.2, 0.25) is 0 Å². The summed E-state index contributed by atoms with van der Waals surface area (Å²) in [6.07, 6.45) is -16.4. The number of aliphatic hydroxyl groups is 9. The summed E-state index contributed by atoms with van der Waals surface area (Å²) in [5, 5.41) is 95.0. The number of hydrogen-bond donors (Lipinski definition) is 9. The summed E-state index contributed by atoms with van der Waals surface area (Å²) in [6.45, 7) is 7.49. The molecule has 7 fully saturated rings. The predicted octanol–water partition coefficient (Wildman–Crippen LogP) is -1.44. The minimum atomic E-state index is -1.95. The number of carbonyl (C=O) groups excluding carboxylic acids is 1. The molecular weight excluding hydrogens is 740 g/mol. The third-order valence-corrected chi connectivity index (χ3v) is 15.4. The molecule has 318 valence electrons. The van der Waals surface area contributed by atoms with Gasteiger partial charge in [-0.2, -0.15) is 0 Å². The quantitative estimate of drug-likeness (QED) is 0.105. The van der Waals surface area contributed by atoms with Crippen molar-refractivity contribution in [2.24, 2.45) is 40.4 Å². The van der Waals surface area contributed by atoms with Crippen LogP contribution in [0.15, 0.2) is 11.6 Å². The zero-order chi connectivity index (χ0) is 40.2. The standard InChI is InChI=1S/C39H60O17/c1-14-23-21(52-33(14)48)12-20-18-6-5-16-11-17(7-9-38(16,3)19(18)8-10-39(20,23)4)51-37-32(55-36-29(46)26(43)27(44)34(49)56-36)30(47)31(22(13-40)53-37)54-35-28(45)25(42)24(41)15(2)50-35/h5,14-15,17-32,34-37,40-47,49H,6-13H2,1-4H3/t14-,15-,17-,18+,19-,20-,21-,22+,23-,24-,25+,26+,27+,28+,29+,30-,31+,32+,34+,35-,36+,37+,38-,39-/m0/s1. The number of fused-ring (bicyclic) bond motifs is 7. The van der Waals surface area contributed by atoms with Crippen LogP contribution in [0.2, 0.25) is 0 Å². The van der Waals surface area contributed by atoms with Gasteiger partial charge in [0.15, 0.2) is 25.2 Å². The highest BCUT2D eigenvalue weighted by molar-refractivity contribution is 5.75. The molecule has 3 saturated carbocycles. The van der Waals surface area contributed by atoms with Crippen LogP contribution < -0.4 is 0 Å². The Labute approximate surface area is 325 Å². The fraction of sp³-hybridized carbons (Fsp3) is 0.923. The summed E-state index contributed by atoms with van der Waals surface area (Å²) in [5.41, 5.74) is 1.25. The molecule has 0 bridgehead atoms. The molecule has 24 atom stereocenters. The molecule has 8 rings (SSSR count). The topological polar surface area (TPSA) is 264 Å². The van der Waals surface area contributed by atoms with Gasteiger partial charge in [-0.25, -0.2) is 0 Å². The number of aliphatic hydroxyl groups excluding tert-OH is 9. The van der Waals surface area contributed by atoms with Crippen molar-refractivity contribution in [2.75, 3.05) is 6.61 Å². The maximum Gasteiger partial charge on any atom is 0.309 e. The van der Waals surface area contributed by atoms with Crippen LogP contribution >= 0.6 is 0 Å². The normalized spacial score (nSPS) is 57.0. The molecule has 4 aliphatic carbocycles. The highest BCUT2D eigenvalue weighted by Crippen LogP contribution is 2.68. The largest absolute Gasteiger partial charge is 0.462 e. The fourth-order valence-electron chi connectivity index (χ4n) is 12.2. The third kappa shape index (κ3) is 6.61. The van der Waals surface area contributed by atoms with Gasteiger partial charge in [-0.1, -0.05) is 32.4 Å². The van der Waals surface area contributed by atoms with E-state index in [0.29, 0.717) is 30.6 Å². The van der Waals surface area contributed by atoms with Crippen molar-refractivity contribution in [1.82, 2.24) is 0 Å². The molecule has 0 unspecified atom stereocenters. The average molecular weight is 801 g/mol. The molecule has 0 spiro atoms. The zero-order valence-corrected chi connectivity index (χ0v) is 32.2. The Balaban J connectivity index is 1.01. The first kappa shape index (κ1) is 41.3. The van der Waals surface area contributed by atoms with Crippen LogP contribution in [0.4, 0.5) is 0 Å². The maximum atomic E-state index is 12.5. The molecule has 4 saturated heterocycles. The first-order valence-electron chi connectivity index (χ1n) is 20.4. The summed E-state index contributed by atoms with van der Waals surface area (Å²) in [6, 6.07) is 0. The van der Waals surface area contributed by atoms with E-state index < -0.39 is 105 Å². The first-order valence-corrected chi connectivity index (χ1v) is 20.4. The minimum Gasteiger partial charge on any atom is -0.462 e. The Kier molecular flexibility index (Phi) is 11.3. The van der Waals surface area contributed by atoms with Crippen LogP contribution in [-0.4, -0.2) is 163 Å². The van der Waals surface area contributed by atoms with E-state index in [-0.39, 0.29) is 34.7 Å². The van der Waals surface area contributed by atoms with E-state index in [1.54, 1.807) is 0 Å².